The number of amides is 2. The number of hydrogen-bond acceptors (Lipinski definition) is 3. The topological polar surface area (TPSA) is 79.2 Å². The SMILES string of the molecule is C[C@H](NC(=O)NCc1cc(C(F)(F)F)n(C)n1)c1cccc(O)c1. The average molecular weight is 342 g/mol. The summed E-state index contributed by atoms with van der Waals surface area (Å²) in [5.41, 5.74) is -0.0832. The zero-order chi connectivity index (χ0) is 17.9. The van der Waals surface area contributed by atoms with Crippen molar-refractivity contribution in [1.29, 1.82) is 0 Å². The van der Waals surface area contributed by atoms with E-state index in [-0.39, 0.29) is 24.0 Å². The van der Waals surface area contributed by atoms with E-state index in [2.05, 4.69) is 15.7 Å². The van der Waals surface area contributed by atoms with Crippen LogP contribution in [-0.4, -0.2) is 20.9 Å². The molecule has 0 aliphatic rings. The summed E-state index contributed by atoms with van der Waals surface area (Å²) < 4.78 is 38.7. The molecule has 9 heteroatoms. The quantitative estimate of drug-likeness (QED) is 0.799. The van der Waals surface area contributed by atoms with Gasteiger partial charge in [-0.25, -0.2) is 4.79 Å². The fraction of sp³-hybridized carbons (Fsp3) is 0.333. The van der Waals surface area contributed by atoms with E-state index in [4.69, 9.17) is 0 Å². The standard InChI is InChI=1S/C15H17F3N4O2/c1-9(10-4-3-5-12(23)6-10)20-14(24)19-8-11-7-13(15(16,17)18)22(2)21-11/h3-7,9,23H,8H2,1-2H3,(H2,19,20,24)/t9-/m0/s1. The third-order valence-electron chi connectivity index (χ3n) is 3.37. The maximum atomic E-state index is 12.7. The molecule has 2 rings (SSSR count). The Kier molecular flexibility index (Phi) is 5.01. The number of aryl methyl sites for hydroxylation is 1. The Balaban J connectivity index is 1.92. The molecule has 130 valence electrons. The van der Waals surface area contributed by atoms with Crippen molar-refractivity contribution in [3.63, 3.8) is 0 Å². The summed E-state index contributed by atoms with van der Waals surface area (Å²) in [4.78, 5) is 11.8. The van der Waals surface area contributed by atoms with Gasteiger partial charge >= 0.3 is 12.2 Å². The van der Waals surface area contributed by atoms with Crippen LogP contribution in [0.15, 0.2) is 30.3 Å². The van der Waals surface area contributed by atoms with Gasteiger partial charge in [-0.2, -0.15) is 18.3 Å². The number of aromatic nitrogens is 2. The predicted octanol–water partition coefficient (Wildman–Crippen LogP) is 2.70. The van der Waals surface area contributed by atoms with Crippen molar-refractivity contribution in [2.24, 2.45) is 7.05 Å². The summed E-state index contributed by atoms with van der Waals surface area (Å²) in [5, 5.41) is 18.2. The maximum Gasteiger partial charge on any atom is 0.433 e. The van der Waals surface area contributed by atoms with Gasteiger partial charge in [0.2, 0.25) is 0 Å². The molecule has 0 aliphatic heterocycles. The third-order valence-corrected chi connectivity index (χ3v) is 3.37. The van der Waals surface area contributed by atoms with Crippen LogP contribution >= 0.6 is 0 Å². The van der Waals surface area contributed by atoms with Crippen molar-refractivity contribution in [3.8, 4) is 5.75 Å². The van der Waals surface area contributed by atoms with E-state index in [0.29, 0.717) is 5.56 Å². The second-order valence-electron chi connectivity index (χ2n) is 5.29. The largest absolute Gasteiger partial charge is 0.508 e. The van der Waals surface area contributed by atoms with Crippen LogP contribution in [0, 0.1) is 0 Å². The lowest BCUT2D eigenvalue weighted by atomic mass is 10.1. The van der Waals surface area contributed by atoms with Crippen LogP contribution in [-0.2, 0) is 19.8 Å². The number of alkyl halides is 3. The second-order valence-corrected chi connectivity index (χ2v) is 5.29. The minimum absolute atomic E-state index is 0.0784. The molecule has 1 atom stereocenters. The second kappa shape index (κ2) is 6.81. The molecule has 2 aromatic rings. The molecule has 1 aromatic heterocycles. The average Bonchev–Trinajstić information content (AvgIpc) is 2.86. The van der Waals surface area contributed by atoms with Gasteiger partial charge < -0.3 is 15.7 Å². The Labute approximate surface area is 136 Å². The normalized spacial score (nSPS) is 12.7. The Morgan fingerprint density at radius 1 is 1.38 bits per heavy atom. The van der Waals surface area contributed by atoms with Crippen LogP contribution in [0.25, 0.3) is 0 Å². The molecule has 2 amide bonds. The smallest absolute Gasteiger partial charge is 0.433 e. The molecule has 0 spiro atoms. The van der Waals surface area contributed by atoms with Crippen LogP contribution in [0.1, 0.15) is 29.9 Å². The first-order valence-electron chi connectivity index (χ1n) is 7.10. The first-order chi connectivity index (χ1) is 11.2. The lowest BCUT2D eigenvalue weighted by molar-refractivity contribution is -0.143. The molecule has 24 heavy (non-hydrogen) atoms. The van der Waals surface area contributed by atoms with E-state index in [1.165, 1.54) is 19.2 Å². The molecule has 3 N–H and O–H groups in total. The van der Waals surface area contributed by atoms with E-state index in [1.807, 2.05) is 0 Å². The summed E-state index contributed by atoms with van der Waals surface area (Å²) >= 11 is 0. The molecule has 0 unspecified atom stereocenters. The number of nitrogens with zero attached hydrogens (tertiary/aromatic N) is 2. The first kappa shape index (κ1) is 17.6. The number of phenols is 1. The number of rotatable bonds is 4. The fourth-order valence-corrected chi connectivity index (χ4v) is 2.17. The van der Waals surface area contributed by atoms with Crippen LogP contribution in [0.2, 0.25) is 0 Å². The summed E-state index contributed by atoms with van der Waals surface area (Å²) in [6.45, 7) is 1.58. The highest BCUT2D eigenvalue weighted by Gasteiger charge is 2.34. The Morgan fingerprint density at radius 3 is 2.67 bits per heavy atom. The van der Waals surface area contributed by atoms with Gasteiger partial charge in [0.15, 0.2) is 0 Å². The molecule has 0 saturated carbocycles. The summed E-state index contributed by atoms with van der Waals surface area (Å²) in [6, 6.07) is 6.36. The number of carbonyl (C=O) groups is 1. The van der Waals surface area contributed by atoms with E-state index < -0.39 is 17.9 Å². The molecule has 0 fully saturated rings. The van der Waals surface area contributed by atoms with Gasteiger partial charge in [-0.15, -0.1) is 0 Å². The monoisotopic (exact) mass is 342 g/mol. The van der Waals surface area contributed by atoms with Gasteiger partial charge in [-0.1, -0.05) is 12.1 Å². The molecule has 6 nitrogen and oxygen atoms in total. The molecule has 0 aliphatic carbocycles. The molecule has 1 heterocycles. The minimum atomic E-state index is -4.49. The molecule has 0 saturated heterocycles. The number of nitrogens with one attached hydrogen (secondary N) is 2. The first-order valence-corrected chi connectivity index (χ1v) is 7.10. The zero-order valence-electron chi connectivity index (χ0n) is 13.1. The van der Waals surface area contributed by atoms with Gasteiger partial charge in [-0.3, -0.25) is 4.68 Å². The molecule has 0 bridgehead atoms. The fourth-order valence-electron chi connectivity index (χ4n) is 2.17. The van der Waals surface area contributed by atoms with Crippen molar-refractivity contribution in [2.75, 3.05) is 0 Å². The lowest BCUT2D eigenvalue weighted by Crippen LogP contribution is -2.36. The van der Waals surface area contributed by atoms with Crippen LogP contribution in [0.4, 0.5) is 18.0 Å². The van der Waals surface area contributed by atoms with Gasteiger partial charge in [0.1, 0.15) is 11.4 Å². The molecular weight excluding hydrogens is 325 g/mol. The summed E-state index contributed by atoms with van der Waals surface area (Å²) in [7, 11) is 1.19. The number of hydrogen-bond donors (Lipinski definition) is 3. The van der Waals surface area contributed by atoms with E-state index in [9.17, 15) is 23.1 Å². The summed E-state index contributed by atoms with van der Waals surface area (Å²) in [6.07, 6.45) is -4.49. The van der Waals surface area contributed by atoms with Crippen LogP contribution in [0.5, 0.6) is 5.75 Å². The highest BCUT2D eigenvalue weighted by molar-refractivity contribution is 5.74. The highest BCUT2D eigenvalue weighted by atomic mass is 19.4. The molecular formula is C15H17F3N4O2. The Bertz CT molecular complexity index is 728. The minimum Gasteiger partial charge on any atom is -0.508 e. The molecule has 1 aromatic carbocycles. The van der Waals surface area contributed by atoms with Gasteiger partial charge in [0, 0.05) is 7.05 Å². The zero-order valence-corrected chi connectivity index (χ0v) is 13.1. The van der Waals surface area contributed by atoms with E-state index in [1.54, 1.807) is 19.1 Å². The summed E-state index contributed by atoms with van der Waals surface area (Å²) in [5.74, 6) is 0.0784. The van der Waals surface area contributed by atoms with Crippen LogP contribution in [0.3, 0.4) is 0 Å². The maximum absolute atomic E-state index is 12.7. The van der Waals surface area contributed by atoms with Crippen molar-refractivity contribution in [1.82, 2.24) is 20.4 Å². The number of urea groups is 1. The van der Waals surface area contributed by atoms with Crippen molar-refractivity contribution in [3.05, 3.63) is 47.3 Å². The van der Waals surface area contributed by atoms with E-state index >= 15 is 0 Å². The van der Waals surface area contributed by atoms with Crippen molar-refractivity contribution >= 4 is 6.03 Å². The number of halogens is 3. The number of carbonyl (C=O) groups excluding carboxylic acids is 1. The van der Waals surface area contributed by atoms with Crippen molar-refractivity contribution < 1.29 is 23.1 Å². The van der Waals surface area contributed by atoms with Gasteiger partial charge in [-0.05, 0) is 30.7 Å². The highest BCUT2D eigenvalue weighted by Crippen LogP contribution is 2.29. The number of aromatic hydroxyl groups is 1. The number of phenolic OH excluding ortho intramolecular Hbond substituents is 1. The predicted molar refractivity (Wildman–Crippen MR) is 80.1 cm³/mol. The van der Waals surface area contributed by atoms with Gasteiger partial charge in [0.05, 0.1) is 18.3 Å². The third kappa shape index (κ3) is 4.40. The molecule has 0 radical (unpaired) electrons. The van der Waals surface area contributed by atoms with Gasteiger partial charge in [0.25, 0.3) is 0 Å². The Morgan fingerprint density at radius 2 is 2.08 bits per heavy atom. The number of benzene rings is 1. The lowest BCUT2D eigenvalue weighted by Gasteiger charge is -2.15. The van der Waals surface area contributed by atoms with E-state index in [0.717, 1.165) is 10.7 Å². The van der Waals surface area contributed by atoms with Crippen LogP contribution < -0.4 is 10.6 Å². The van der Waals surface area contributed by atoms with Crippen molar-refractivity contribution in [2.45, 2.75) is 25.7 Å². The Hall–Kier alpha value is -2.71.